The third-order valence-corrected chi connectivity index (χ3v) is 5.11. The van der Waals surface area contributed by atoms with E-state index in [1.807, 2.05) is 0 Å². The van der Waals surface area contributed by atoms with E-state index in [1.165, 1.54) is 6.07 Å². The molecule has 8 heteroatoms. The zero-order chi connectivity index (χ0) is 20.5. The number of carbonyl (C=O) groups is 2. The van der Waals surface area contributed by atoms with Crippen LogP contribution in [0.4, 0.5) is 13.2 Å². The van der Waals surface area contributed by atoms with Crippen molar-refractivity contribution in [2.75, 3.05) is 13.1 Å². The van der Waals surface area contributed by atoms with E-state index in [4.69, 9.17) is 17.3 Å². The Morgan fingerprint density at radius 2 is 1.82 bits per heavy atom. The number of likely N-dealkylation sites (tertiary alicyclic amines) is 1. The number of carbonyl (C=O) groups excluding carboxylic acids is 2. The highest BCUT2D eigenvalue weighted by molar-refractivity contribution is 6.33. The molecule has 1 fully saturated rings. The van der Waals surface area contributed by atoms with E-state index in [0.29, 0.717) is 42.6 Å². The Balaban J connectivity index is 1.71. The van der Waals surface area contributed by atoms with Crippen LogP contribution in [0.2, 0.25) is 5.02 Å². The zero-order valence-corrected chi connectivity index (χ0v) is 15.6. The van der Waals surface area contributed by atoms with Crippen LogP contribution in [0.5, 0.6) is 0 Å². The lowest BCUT2D eigenvalue weighted by Gasteiger charge is -2.47. The molecule has 1 aliphatic rings. The SMILES string of the molecule is NC1(CCC=O)CN(C(=O)c2ccc(-c3ccc(C(F)(F)F)cc3Cl)cc2)C1. The number of benzene rings is 2. The second kappa shape index (κ2) is 7.56. The summed E-state index contributed by atoms with van der Waals surface area (Å²) in [5, 5.41) is -0.0141. The molecule has 0 spiro atoms. The molecule has 0 aliphatic carbocycles. The molecule has 0 saturated carbocycles. The minimum Gasteiger partial charge on any atom is -0.335 e. The van der Waals surface area contributed by atoms with Crippen molar-refractivity contribution in [3.8, 4) is 11.1 Å². The van der Waals surface area contributed by atoms with Crippen molar-refractivity contribution < 1.29 is 22.8 Å². The maximum Gasteiger partial charge on any atom is 0.416 e. The third-order valence-electron chi connectivity index (χ3n) is 4.80. The molecule has 1 heterocycles. The Morgan fingerprint density at radius 3 is 2.36 bits per heavy atom. The van der Waals surface area contributed by atoms with Crippen LogP contribution in [0, 0.1) is 0 Å². The quantitative estimate of drug-likeness (QED) is 0.753. The summed E-state index contributed by atoms with van der Waals surface area (Å²) >= 11 is 6.01. The average molecular weight is 411 g/mol. The first kappa shape index (κ1) is 20.4. The Kier molecular flexibility index (Phi) is 5.50. The van der Waals surface area contributed by atoms with E-state index in [0.717, 1.165) is 18.4 Å². The van der Waals surface area contributed by atoms with Gasteiger partial charge in [0, 0.05) is 35.7 Å². The maximum atomic E-state index is 12.8. The minimum atomic E-state index is -4.46. The third kappa shape index (κ3) is 4.20. The molecule has 2 N–H and O–H groups in total. The molecule has 4 nitrogen and oxygen atoms in total. The van der Waals surface area contributed by atoms with Gasteiger partial charge in [-0.2, -0.15) is 13.2 Å². The van der Waals surface area contributed by atoms with Crippen molar-refractivity contribution in [2.45, 2.75) is 24.6 Å². The summed E-state index contributed by atoms with van der Waals surface area (Å²) in [4.78, 5) is 24.6. The summed E-state index contributed by atoms with van der Waals surface area (Å²) in [7, 11) is 0. The number of hydrogen-bond donors (Lipinski definition) is 1. The first-order valence-electron chi connectivity index (χ1n) is 8.62. The highest BCUT2D eigenvalue weighted by atomic mass is 35.5. The summed E-state index contributed by atoms with van der Waals surface area (Å²) in [6.07, 6.45) is -2.75. The average Bonchev–Trinajstić information content (AvgIpc) is 2.63. The summed E-state index contributed by atoms with van der Waals surface area (Å²) in [5.41, 5.74) is 6.28. The van der Waals surface area contributed by atoms with Gasteiger partial charge in [-0.15, -0.1) is 0 Å². The van der Waals surface area contributed by atoms with Gasteiger partial charge in [-0.25, -0.2) is 0 Å². The smallest absolute Gasteiger partial charge is 0.335 e. The van der Waals surface area contributed by atoms with Gasteiger partial charge in [0.15, 0.2) is 0 Å². The van der Waals surface area contributed by atoms with Crippen molar-refractivity contribution in [2.24, 2.45) is 5.73 Å². The Morgan fingerprint density at radius 1 is 1.18 bits per heavy atom. The van der Waals surface area contributed by atoms with Crippen LogP contribution in [0.25, 0.3) is 11.1 Å². The lowest BCUT2D eigenvalue weighted by Crippen LogP contribution is -2.68. The van der Waals surface area contributed by atoms with Crippen molar-refractivity contribution >= 4 is 23.8 Å². The molecule has 0 atom stereocenters. The van der Waals surface area contributed by atoms with Crippen molar-refractivity contribution in [1.29, 1.82) is 0 Å². The van der Waals surface area contributed by atoms with E-state index in [9.17, 15) is 22.8 Å². The number of rotatable bonds is 5. The van der Waals surface area contributed by atoms with Gasteiger partial charge in [-0.05, 0) is 36.2 Å². The van der Waals surface area contributed by atoms with E-state index in [1.54, 1.807) is 29.2 Å². The maximum absolute atomic E-state index is 12.8. The predicted octanol–water partition coefficient (Wildman–Crippen LogP) is 4.16. The Labute approximate surface area is 165 Å². The number of nitrogens with zero attached hydrogens (tertiary/aromatic N) is 1. The summed E-state index contributed by atoms with van der Waals surface area (Å²) in [5.74, 6) is -0.183. The fourth-order valence-corrected chi connectivity index (χ4v) is 3.55. The number of amides is 1. The number of alkyl halides is 3. The molecular weight excluding hydrogens is 393 g/mol. The number of aldehydes is 1. The van der Waals surface area contributed by atoms with Crippen LogP contribution in [0.15, 0.2) is 42.5 Å². The molecule has 1 aliphatic heterocycles. The molecule has 1 amide bonds. The summed E-state index contributed by atoms with van der Waals surface area (Å²) < 4.78 is 38.3. The van der Waals surface area contributed by atoms with Crippen LogP contribution in [-0.4, -0.2) is 35.7 Å². The monoisotopic (exact) mass is 410 g/mol. The van der Waals surface area contributed by atoms with Crippen molar-refractivity contribution in [1.82, 2.24) is 4.90 Å². The minimum absolute atomic E-state index is 0.0141. The van der Waals surface area contributed by atoms with Crippen LogP contribution in [0.3, 0.4) is 0 Å². The number of nitrogens with two attached hydrogens (primary N) is 1. The molecular formula is C20H18ClF3N2O2. The van der Waals surface area contributed by atoms with Crippen LogP contribution in [0.1, 0.15) is 28.8 Å². The molecule has 28 heavy (non-hydrogen) atoms. The van der Waals surface area contributed by atoms with Gasteiger partial charge in [0.05, 0.1) is 11.1 Å². The van der Waals surface area contributed by atoms with E-state index >= 15 is 0 Å². The molecule has 0 unspecified atom stereocenters. The number of halogens is 4. The van der Waals surface area contributed by atoms with E-state index < -0.39 is 17.3 Å². The first-order valence-corrected chi connectivity index (χ1v) is 9.00. The Bertz CT molecular complexity index is 891. The molecule has 0 bridgehead atoms. The number of hydrogen-bond acceptors (Lipinski definition) is 3. The first-order chi connectivity index (χ1) is 13.1. The van der Waals surface area contributed by atoms with Crippen molar-refractivity contribution in [3.63, 3.8) is 0 Å². The molecule has 0 aromatic heterocycles. The topological polar surface area (TPSA) is 63.4 Å². The zero-order valence-electron chi connectivity index (χ0n) is 14.8. The standard InChI is InChI=1S/C20H18ClF3N2O2/c21-17-10-15(20(22,23)24)6-7-16(17)13-2-4-14(5-3-13)18(28)26-11-19(25,12-26)8-1-9-27/h2-7,9-10H,1,8,11-12,25H2. The molecule has 1 saturated heterocycles. The second-order valence-electron chi connectivity index (χ2n) is 7.00. The fourth-order valence-electron chi connectivity index (χ4n) is 3.26. The molecule has 2 aromatic rings. The van der Waals surface area contributed by atoms with E-state index in [-0.39, 0.29) is 10.9 Å². The lowest BCUT2D eigenvalue weighted by atomic mass is 9.86. The van der Waals surface area contributed by atoms with Crippen LogP contribution < -0.4 is 5.73 Å². The van der Waals surface area contributed by atoms with Gasteiger partial charge in [-0.1, -0.05) is 29.8 Å². The molecule has 0 radical (unpaired) electrons. The highest BCUT2D eigenvalue weighted by Crippen LogP contribution is 2.35. The highest BCUT2D eigenvalue weighted by Gasteiger charge is 2.41. The molecule has 148 valence electrons. The second-order valence-corrected chi connectivity index (χ2v) is 7.41. The van der Waals surface area contributed by atoms with Gasteiger partial charge in [0.25, 0.3) is 5.91 Å². The van der Waals surface area contributed by atoms with Gasteiger partial charge in [-0.3, -0.25) is 4.79 Å². The molecule has 3 rings (SSSR count). The van der Waals surface area contributed by atoms with Crippen molar-refractivity contribution in [3.05, 3.63) is 58.6 Å². The van der Waals surface area contributed by atoms with Gasteiger partial charge in [0.2, 0.25) is 0 Å². The summed E-state index contributed by atoms with van der Waals surface area (Å²) in [6.45, 7) is 0.762. The normalized spacial score (nSPS) is 15.8. The van der Waals surface area contributed by atoms with Gasteiger partial charge in [0.1, 0.15) is 6.29 Å². The van der Waals surface area contributed by atoms with E-state index in [2.05, 4.69) is 0 Å². The predicted molar refractivity (Wildman–Crippen MR) is 100 cm³/mol. The fraction of sp³-hybridized carbons (Fsp3) is 0.300. The summed E-state index contributed by atoms with van der Waals surface area (Å²) in [6, 6.07) is 9.66. The Hall–Kier alpha value is -2.38. The molecule has 2 aromatic carbocycles. The van der Waals surface area contributed by atoms with Gasteiger partial charge >= 0.3 is 6.18 Å². The van der Waals surface area contributed by atoms with Gasteiger partial charge < -0.3 is 15.4 Å². The van der Waals surface area contributed by atoms with Crippen LogP contribution >= 0.6 is 11.6 Å². The largest absolute Gasteiger partial charge is 0.416 e. The van der Waals surface area contributed by atoms with Crippen LogP contribution in [-0.2, 0) is 11.0 Å². The lowest BCUT2D eigenvalue weighted by molar-refractivity contribution is -0.137.